The third-order valence-electron chi connectivity index (χ3n) is 5.40. The summed E-state index contributed by atoms with van der Waals surface area (Å²) in [5.41, 5.74) is 1.10. The van der Waals surface area contributed by atoms with E-state index in [9.17, 15) is 9.59 Å². The molecule has 2 heterocycles. The fraction of sp³-hybridized carbons (Fsp3) is 0.667. The molecule has 0 aromatic carbocycles. The third-order valence-corrected chi connectivity index (χ3v) is 5.40. The smallest absolute Gasteiger partial charge is 0.268 e. The van der Waals surface area contributed by atoms with Crippen LogP contribution in [0.15, 0.2) is 16.9 Å². The fourth-order valence-corrected chi connectivity index (χ4v) is 3.72. The molecule has 5 heteroatoms. The van der Waals surface area contributed by atoms with Crippen molar-refractivity contribution >= 4 is 5.91 Å². The highest BCUT2D eigenvalue weighted by atomic mass is 16.2. The highest BCUT2D eigenvalue weighted by Crippen LogP contribution is 2.36. The molecular formula is C18H29N3O2. The van der Waals surface area contributed by atoms with Gasteiger partial charge in [0.15, 0.2) is 5.43 Å². The summed E-state index contributed by atoms with van der Waals surface area (Å²) >= 11 is 0. The van der Waals surface area contributed by atoms with Crippen LogP contribution >= 0.6 is 0 Å². The zero-order chi connectivity index (χ0) is 17.6. The van der Waals surface area contributed by atoms with Crippen LogP contribution in [0.4, 0.5) is 0 Å². The van der Waals surface area contributed by atoms with E-state index < -0.39 is 0 Å². The summed E-state index contributed by atoms with van der Waals surface area (Å²) in [6.45, 7) is 10.6. The van der Waals surface area contributed by atoms with Crippen molar-refractivity contribution in [3.05, 3.63) is 33.7 Å². The minimum atomic E-state index is -0.172. The normalized spacial score (nSPS) is 21.2. The number of aromatic nitrogens is 1. The van der Waals surface area contributed by atoms with Crippen LogP contribution in [0.5, 0.6) is 0 Å². The quantitative estimate of drug-likeness (QED) is 0.908. The minimum Gasteiger partial charge on any atom is -0.348 e. The lowest BCUT2D eigenvalue weighted by Crippen LogP contribution is -2.62. The second-order valence-corrected chi connectivity index (χ2v) is 8.04. The molecule has 0 spiro atoms. The first-order valence-electron chi connectivity index (χ1n) is 8.16. The van der Waals surface area contributed by atoms with Crippen molar-refractivity contribution in [1.29, 1.82) is 0 Å². The molecule has 1 N–H and O–H groups in total. The number of amides is 1. The van der Waals surface area contributed by atoms with Crippen LogP contribution in [0.1, 0.15) is 56.7 Å². The van der Waals surface area contributed by atoms with Gasteiger partial charge in [-0.25, -0.2) is 0 Å². The second-order valence-electron chi connectivity index (χ2n) is 8.04. The summed E-state index contributed by atoms with van der Waals surface area (Å²) in [6, 6.07) is 3.05. The molecule has 5 nitrogen and oxygen atoms in total. The average Bonchev–Trinajstić information content (AvgIpc) is 2.39. The first-order valence-corrected chi connectivity index (χ1v) is 8.16. The van der Waals surface area contributed by atoms with Crippen molar-refractivity contribution < 1.29 is 4.79 Å². The molecule has 1 fully saturated rings. The Balaban J connectivity index is 2.23. The summed E-state index contributed by atoms with van der Waals surface area (Å²) in [5, 5.41) is 3.14. The van der Waals surface area contributed by atoms with Crippen LogP contribution in [0.25, 0.3) is 0 Å². The fourth-order valence-electron chi connectivity index (χ4n) is 3.72. The maximum Gasteiger partial charge on any atom is 0.268 e. The van der Waals surface area contributed by atoms with E-state index in [1.54, 1.807) is 10.6 Å². The number of hydrogen-bond donors (Lipinski definition) is 1. The number of rotatable bonds is 2. The van der Waals surface area contributed by atoms with Gasteiger partial charge in [-0.1, -0.05) is 0 Å². The Morgan fingerprint density at radius 2 is 1.65 bits per heavy atom. The van der Waals surface area contributed by atoms with Crippen LogP contribution in [-0.2, 0) is 7.05 Å². The average molecular weight is 319 g/mol. The Morgan fingerprint density at radius 1 is 1.13 bits per heavy atom. The summed E-state index contributed by atoms with van der Waals surface area (Å²) in [4.78, 5) is 26.7. The van der Waals surface area contributed by atoms with Crippen molar-refractivity contribution in [3.63, 3.8) is 0 Å². The molecule has 128 valence electrons. The van der Waals surface area contributed by atoms with Crippen LogP contribution in [0.3, 0.4) is 0 Å². The zero-order valence-corrected chi connectivity index (χ0v) is 15.4. The molecule has 1 aromatic rings. The van der Waals surface area contributed by atoms with Crippen molar-refractivity contribution in [1.82, 2.24) is 14.8 Å². The van der Waals surface area contributed by atoms with Gasteiger partial charge in [-0.15, -0.1) is 0 Å². The largest absolute Gasteiger partial charge is 0.348 e. The van der Waals surface area contributed by atoms with Gasteiger partial charge in [-0.05, 0) is 54.5 Å². The number of carbonyl (C=O) groups excluding carboxylic acids is 1. The van der Waals surface area contributed by atoms with E-state index in [2.05, 4.69) is 45.0 Å². The number of piperidine rings is 1. The molecule has 1 aliphatic rings. The minimum absolute atomic E-state index is 0.0121. The predicted molar refractivity (Wildman–Crippen MR) is 92.8 cm³/mol. The van der Waals surface area contributed by atoms with Gasteiger partial charge in [-0.3, -0.25) is 14.5 Å². The molecule has 1 aromatic heterocycles. The van der Waals surface area contributed by atoms with E-state index in [0.29, 0.717) is 5.69 Å². The van der Waals surface area contributed by atoms with Crippen LogP contribution in [0, 0.1) is 6.92 Å². The molecule has 1 amide bonds. The Kier molecular flexibility index (Phi) is 4.46. The predicted octanol–water partition coefficient (Wildman–Crippen LogP) is 2.07. The Bertz CT molecular complexity index is 655. The van der Waals surface area contributed by atoms with E-state index in [0.717, 1.165) is 18.5 Å². The van der Waals surface area contributed by atoms with E-state index >= 15 is 0 Å². The van der Waals surface area contributed by atoms with Gasteiger partial charge in [0.1, 0.15) is 5.69 Å². The molecule has 0 unspecified atom stereocenters. The number of likely N-dealkylation sites (tertiary alicyclic amines) is 1. The summed E-state index contributed by atoms with van der Waals surface area (Å²) in [5.74, 6) is -0.172. The van der Waals surface area contributed by atoms with Crippen molar-refractivity contribution in [2.24, 2.45) is 7.05 Å². The van der Waals surface area contributed by atoms with Gasteiger partial charge in [0.05, 0.1) is 0 Å². The van der Waals surface area contributed by atoms with E-state index in [1.165, 1.54) is 6.07 Å². The maximum absolute atomic E-state index is 12.7. The standard InChI is InChI=1S/C18H29N3O2/c1-12-8-14(22)9-15(20(12)6)16(23)19-13-10-17(2,3)21(7)18(4,5)11-13/h8-9,13H,10-11H2,1-7H3,(H,19,23). The molecular weight excluding hydrogens is 290 g/mol. The molecule has 0 aliphatic carbocycles. The zero-order valence-electron chi connectivity index (χ0n) is 15.4. The van der Waals surface area contributed by atoms with Gasteiger partial charge >= 0.3 is 0 Å². The van der Waals surface area contributed by atoms with Gasteiger partial charge in [-0.2, -0.15) is 0 Å². The van der Waals surface area contributed by atoms with E-state index in [4.69, 9.17) is 0 Å². The third kappa shape index (κ3) is 3.50. The molecule has 2 rings (SSSR count). The highest BCUT2D eigenvalue weighted by Gasteiger charge is 2.43. The number of aryl methyl sites for hydroxylation is 1. The lowest BCUT2D eigenvalue weighted by atomic mass is 9.77. The first-order chi connectivity index (χ1) is 10.4. The Labute approximate surface area is 138 Å². The number of nitrogens with zero attached hydrogens (tertiary/aromatic N) is 2. The van der Waals surface area contributed by atoms with Crippen molar-refractivity contribution in [2.45, 2.75) is 64.6 Å². The molecule has 0 bridgehead atoms. The lowest BCUT2D eigenvalue weighted by molar-refractivity contribution is -0.0169. The highest BCUT2D eigenvalue weighted by molar-refractivity contribution is 5.92. The number of nitrogens with one attached hydrogen (secondary N) is 1. The topological polar surface area (TPSA) is 54.3 Å². The van der Waals surface area contributed by atoms with Crippen molar-refractivity contribution in [3.8, 4) is 0 Å². The summed E-state index contributed by atoms with van der Waals surface area (Å²) in [6.07, 6.45) is 1.77. The number of hydrogen-bond acceptors (Lipinski definition) is 3. The monoisotopic (exact) mass is 319 g/mol. The number of pyridine rings is 1. The molecule has 1 saturated heterocycles. The second kappa shape index (κ2) is 5.78. The van der Waals surface area contributed by atoms with E-state index in [1.807, 2.05) is 14.0 Å². The van der Waals surface area contributed by atoms with Gasteiger partial charge in [0.25, 0.3) is 5.91 Å². The lowest BCUT2D eigenvalue weighted by Gasteiger charge is -2.53. The molecule has 1 aliphatic heterocycles. The summed E-state index contributed by atoms with van der Waals surface area (Å²) < 4.78 is 1.77. The van der Waals surface area contributed by atoms with Crippen LogP contribution in [-0.4, -0.2) is 39.5 Å². The number of carbonyl (C=O) groups is 1. The van der Waals surface area contributed by atoms with Crippen molar-refractivity contribution in [2.75, 3.05) is 7.05 Å². The van der Waals surface area contributed by atoms with Gasteiger partial charge in [0.2, 0.25) is 0 Å². The van der Waals surface area contributed by atoms with Crippen LogP contribution < -0.4 is 10.7 Å². The molecule has 0 radical (unpaired) electrons. The maximum atomic E-state index is 12.7. The molecule has 0 saturated carbocycles. The molecule has 0 atom stereocenters. The Morgan fingerprint density at radius 3 is 2.17 bits per heavy atom. The summed E-state index contributed by atoms with van der Waals surface area (Å²) in [7, 11) is 3.95. The SMILES string of the molecule is Cc1cc(=O)cc(C(=O)NC2CC(C)(C)N(C)C(C)(C)C2)n1C. The Hall–Kier alpha value is -1.62. The first kappa shape index (κ1) is 17.7. The molecule has 23 heavy (non-hydrogen) atoms. The van der Waals surface area contributed by atoms with Crippen LogP contribution in [0.2, 0.25) is 0 Å². The van der Waals surface area contributed by atoms with E-state index in [-0.39, 0.29) is 28.5 Å². The van der Waals surface area contributed by atoms with Gasteiger partial charge in [0, 0.05) is 42.0 Å². The van der Waals surface area contributed by atoms with Gasteiger partial charge < -0.3 is 9.88 Å².